The third kappa shape index (κ3) is 7.67. The Morgan fingerprint density at radius 2 is 1.57 bits per heavy atom. The Hall–Kier alpha value is -4.20. The highest BCUT2D eigenvalue weighted by molar-refractivity contribution is 5.96. The molecule has 0 heterocycles. The molecule has 0 unspecified atom stereocenters. The molecule has 0 radical (unpaired) electrons. The van der Waals surface area contributed by atoms with Crippen LogP contribution in [0.4, 0.5) is 5.69 Å². The Labute approximate surface area is 204 Å². The van der Waals surface area contributed by atoms with Crippen LogP contribution in [0.25, 0.3) is 0 Å². The summed E-state index contributed by atoms with van der Waals surface area (Å²) in [5, 5.41) is 2.69. The number of rotatable bonds is 12. The van der Waals surface area contributed by atoms with Crippen molar-refractivity contribution in [2.45, 2.75) is 13.8 Å². The summed E-state index contributed by atoms with van der Waals surface area (Å²) >= 11 is 0. The number of amides is 1. The molecule has 0 aliphatic rings. The van der Waals surface area contributed by atoms with Crippen molar-refractivity contribution >= 4 is 17.6 Å². The highest BCUT2D eigenvalue weighted by Gasteiger charge is 2.15. The summed E-state index contributed by atoms with van der Waals surface area (Å²) in [4.78, 5) is 24.8. The van der Waals surface area contributed by atoms with Crippen molar-refractivity contribution < 1.29 is 33.3 Å². The lowest BCUT2D eigenvalue weighted by atomic mass is 10.2. The van der Waals surface area contributed by atoms with E-state index in [1.165, 1.54) is 13.2 Å². The Morgan fingerprint density at radius 3 is 2.31 bits per heavy atom. The van der Waals surface area contributed by atoms with E-state index in [4.69, 9.17) is 23.7 Å². The first kappa shape index (κ1) is 25.4. The van der Waals surface area contributed by atoms with E-state index in [2.05, 4.69) is 5.32 Å². The summed E-state index contributed by atoms with van der Waals surface area (Å²) in [7, 11) is 1.51. The van der Waals surface area contributed by atoms with Gasteiger partial charge in [0.05, 0.1) is 25.0 Å². The highest BCUT2D eigenvalue weighted by atomic mass is 16.5. The Balaban J connectivity index is 1.54. The zero-order valence-corrected chi connectivity index (χ0v) is 20.0. The van der Waals surface area contributed by atoms with Gasteiger partial charge in [0.2, 0.25) is 0 Å². The number of carbonyl (C=O) groups is 2. The summed E-state index contributed by atoms with van der Waals surface area (Å²) in [5.74, 6) is 1.01. The number of para-hydroxylation sites is 1. The smallest absolute Gasteiger partial charge is 0.338 e. The number of aryl methyl sites for hydroxylation is 1. The number of ether oxygens (including phenoxy) is 5. The van der Waals surface area contributed by atoms with Gasteiger partial charge >= 0.3 is 5.97 Å². The van der Waals surface area contributed by atoms with Gasteiger partial charge in [0.15, 0.2) is 18.1 Å². The summed E-state index contributed by atoms with van der Waals surface area (Å²) in [6.07, 6.45) is 0. The quantitative estimate of drug-likeness (QED) is 0.298. The van der Waals surface area contributed by atoms with Crippen molar-refractivity contribution in [1.29, 1.82) is 0 Å². The predicted octanol–water partition coefficient (Wildman–Crippen LogP) is 4.66. The zero-order chi connectivity index (χ0) is 25.0. The molecule has 0 saturated carbocycles. The normalized spacial score (nSPS) is 10.3. The van der Waals surface area contributed by atoms with Crippen molar-refractivity contribution in [3.63, 3.8) is 0 Å². The maximum Gasteiger partial charge on any atom is 0.338 e. The van der Waals surface area contributed by atoms with Crippen molar-refractivity contribution in [3.8, 4) is 23.0 Å². The van der Waals surface area contributed by atoms with Crippen LogP contribution in [0.3, 0.4) is 0 Å². The number of benzene rings is 3. The molecule has 0 bridgehead atoms. The largest absolute Gasteiger partial charge is 0.495 e. The zero-order valence-electron chi connectivity index (χ0n) is 20.0. The van der Waals surface area contributed by atoms with Gasteiger partial charge in [0.25, 0.3) is 5.91 Å². The van der Waals surface area contributed by atoms with Crippen LogP contribution in [0.2, 0.25) is 0 Å². The van der Waals surface area contributed by atoms with Crippen molar-refractivity contribution in [3.05, 3.63) is 77.9 Å². The maximum absolute atomic E-state index is 12.5. The van der Waals surface area contributed by atoms with Gasteiger partial charge in [-0.2, -0.15) is 0 Å². The number of methoxy groups -OCH3 is 1. The lowest BCUT2D eigenvalue weighted by Crippen LogP contribution is -2.21. The second-order valence-corrected chi connectivity index (χ2v) is 7.43. The summed E-state index contributed by atoms with van der Waals surface area (Å²) in [6, 6.07) is 19.5. The van der Waals surface area contributed by atoms with E-state index in [-0.39, 0.29) is 5.56 Å². The molecule has 0 fully saturated rings. The van der Waals surface area contributed by atoms with Gasteiger partial charge in [-0.1, -0.05) is 24.3 Å². The van der Waals surface area contributed by atoms with Crippen LogP contribution >= 0.6 is 0 Å². The third-order valence-electron chi connectivity index (χ3n) is 4.80. The molecule has 0 aliphatic carbocycles. The minimum Gasteiger partial charge on any atom is -0.495 e. The molecule has 35 heavy (non-hydrogen) atoms. The fourth-order valence-electron chi connectivity index (χ4n) is 3.17. The maximum atomic E-state index is 12.5. The highest BCUT2D eigenvalue weighted by Crippen LogP contribution is 2.29. The molecule has 1 amide bonds. The first-order chi connectivity index (χ1) is 17.0. The van der Waals surface area contributed by atoms with Crippen molar-refractivity contribution in [1.82, 2.24) is 0 Å². The van der Waals surface area contributed by atoms with E-state index in [9.17, 15) is 9.59 Å². The van der Waals surface area contributed by atoms with Gasteiger partial charge < -0.3 is 29.0 Å². The number of hydrogen-bond donors (Lipinski definition) is 1. The molecule has 0 saturated heterocycles. The molecule has 0 aromatic heterocycles. The molecule has 3 aromatic rings. The minimum absolute atomic E-state index is 0.238. The lowest BCUT2D eigenvalue weighted by molar-refractivity contribution is -0.119. The van der Waals surface area contributed by atoms with Crippen LogP contribution in [0.15, 0.2) is 66.7 Å². The summed E-state index contributed by atoms with van der Waals surface area (Å²) < 4.78 is 27.4. The number of hydrogen-bond acceptors (Lipinski definition) is 7. The molecule has 8 nitrogen and oxygen atoms in total. The average Bonchev–Trinajstić information content (AvgIpc) is 2.87. The van der Waals surface area contributed by atoms with Crippen LogP contribution in [-0.2, 0) is 9.53 Å². The molecule has 3 rings (SSSR count). The van der Waals surface area contributed by atoms with Crippen LogP contribution < -0.4 is 24.3 Å². The molecule has 0 atom stereocenters. The fourth-order valence-corrected chi connectivity index (χ4v) is 3.17. The second-order valence-electron chi connectivity index (χ2n) is 7.43. The Kier molecular flexibility index (Phi) is 9.36. The van der Waals surface area contributed by atoms with Crippen LogP contribution in [0.5, 0.6) is 23.0 Å². The molecule has 8 heteroatoms. The second kappa shape index (κ2) is 12.9. The third-order valence-corrected chi connectivity index (χ3v) is 4.80. The Bertz CT molecular complexity index is 1130. The van der Waals surface area contributed by atoms with Crippen molar-refractivity contribution in [2.24, 2.45) is 0 Å². The Morgan fingerprint density at radius 1 is 0.829 bits per heavy atom. The van der Waals surface area contributed by atoms with E-state index >= 15 is 0 Å². The predicted molar refractivity (Wildman–Crippen MR) is 132 cm³/mol. The van der Waals surface area contributed by atoms with Gasteiger partial charge in [-0.05, 0) is 61.9 Å². The monoisotopic (exact) mass is 479 g/mol. The lowest BCUT2D eigenvalue weighted by Gasteiger charge is -2.14. The van der Waals surface area contributed by atoms with E-state index in [0.29, 0.717) is 42.8 Å². The van der Waals surface area contributed by atoms with Gasteiger partial charge in [-0.15, -0.1) is 0 Å². The summed E-state index contributed by atoms with van der Waals surface area (Å²) in [6.45, 7) is 4.30. The van der Waals surface area contributed by atoms with Crippen LogP contribution in [0.1, 0.15) is 22.8 Å². The standard InChI is InChI=1S/C27H29NO7/c1-4-32-25-17-20(11-13-24(25)34-15-14-33-21-8-6-5-7-9-21)27(30)35-18-26(29)28-22-16-19(2)10-12-23(22)31-3/h5-13,16-17H,4,14-15,18H2,1-3H3,(H,28,29). The molecular formula is C27H29NO7. The topological polar surface area (TPSA) is 92.3 Å². The molecule has 3 aromatic carbocycles. The van der Waals surface area contributed by atoms with Gasteiger partial charge in [-0.3, -0.25) is 4.79 Å². The van der Waals surface area contributed by atoms with Crippen molar-refractivity contribution in [2.75, 3.05) is 38.9 Å². The molecule has 1 N–H and O–H groups in total. The molecular weight excluding hydrogens is 450 g/mol. The number of nitrogens with one attached hydrogen (secondary N) is 1. The fraction of sp³-hybridized carbons (Fsp3) is 0.259. The average molecular weight is 480 g/mol. The summed E-state index contributed by atoms with van der Waals surface area (Å²) in [5.41, 5.74) is 1.70. The van der Waals surface area contributed by atoms with Gasteiger partial charge in [0, 0.05) is 0 Å². The van der Waals surface area contributed by atoms with E-state index < -0.39 is 18.5 Å². The van der Waals surface area contributed by atoms with E-state index in [1.54, 1.807) is 24.3 Å². The van der Waals surface area contributed by atoms with Gasteiger partial charge in [0.1, 0.15) is 24.7 Å². The van der Waals surface area contributed by atoms with E-state index in [1.807, 2.05) is 50.2 Å². The molecule has 0 spiro atoms. The molecule has 184 valence electrons. The van der Waals surface area contributed by atoms with E-state index in [0.717, 1.165) is 11.3 Å². The van der Waals surface area contributed by atoms with Gasteiger partial charge in [-0.25, -0.2) is 4.79 Å². The minimum atomic E-state index is -0.656. The van der Waals surface area contributed by atoms with Crippen LogP contribution in [0, 0.1) is 6.92 Å². The first-order valence-corrected chi connectivity index (χ1v) is 11.2. The number of esters is 1. The first-order valence-electron chi connectivity index (χ1n) is 11.2. The number of anilines is 1. The molecule has 0 aliphatic heterocycles. The van der Waals surface area contributed by atoms with Crippen LogP contribution in [-0.4, -0.2) is 45.4 Å². The number of carbonyl (C=O) groups excluding carboxylic acids is 2. The SMILES string of the molecule is CCOc1cc(C(=O)OCC(=O)Nc2cc(C)ccc2OC)ccc1OCCOc1ccccc1.